The molecule has 4 heteroatoms. The normalized spacial score (nSPS) is 13.1. The Bertz CT molecular complexity index is 519. The van der Waals surface area contributed by atoms with Gasteiger partial charge in [0.2, 0.25) is 0 Å². The number of nitrogens with zero attached hydrogens (tertiary/aromatic N) is 1. The summed E-state index contributed by atoms with van der Waals surface area (Å²) in [5.74, 6) is 1.49. The van der Waals surface area contributed by atoms with Crippen molar-refractivity contribution in [1.82, 2.24) is 0 Å². The molecule has 0 bridgehead atoms. The summed E-state index contributed by atoms with van der Waals surface area (Å²) in [5.41, 5.74) is 2.22. The molecule has 1 unspecified atom stereocenters. The molecule has 22 heavy (non-hydrogen) atoms. The van der Waals surface area contributed by atoms with Crippen LogP contribution in [0.3, 0.4) is 0 Å². The minimum Gasteiger partial charge on any atom is -0.462 e. The first kappa shape index (κ1) is 18.5. The van der Waals surface area contributed by atoms with Crippen LogP contribution < -0.4 is 0 Å². The van der Waals surface area contributed by atoms with Gasteiger partial charge >= 0.3 is 0 Å². The summed E-state index contributed by atoms with van der Waals surface area (Å²) in [6.07, 6.45) is 1.37. The number of hydrogen-bond donors (Lipinski definition) is 0. The molecule has 1 atom stereocenters. The Hall–Kier alpha value is -1.52. The average Bonchev–Trinajstić information content (AvgIpc) is 2.50. The fraction of sp³-hybridized carbons (Fsp3) is 0.389. The van der Waals surface area contributed by atoms with Crippen molar-refractivity contribution in [2.45, 2.75) is 39.7 Å². The quantitative estimate of drug-likeness (QED) is 0.273. The molecule has 0 amide bonds. The van der Waals surface area contributed by atoms with E-state index in [4.69, 9.17) is 9.47 Å². The van der Waals surface area contributed by atoms with Crippen LogP contribution >= 0.6 is 11.8 Å². The zero-order chi connectivity index (χ0) is 16.4. The summed E-state index contributed by atoms with van der Waals surface area (Å²) >= 11 is 1.64. The first-order chi connectivity index (χ1) is 10.6. The van der Waals surface area contributed by atoms with E-state index in [0.29, 0.717) is 12.4 Å². The number of thioether (sulfide) groups is 1. The lowest BCUT2D eigenvalue weighted by Crippen LogP contribution is -2.12. The van der Waals surface area contributed by atoms with Gasteiger partial charge in [-0.3, -0.25) is 0 Å². The van der Waals surface area contributed by atoms with Crippen molar-refractivity contribution in [2.24, 2.45) is 4.99 Å². The predicted octanol–water partition coefficient (Wildman–Crippen LogP) is 5.15. The number of aliphatic imine (C=N–C) groups is 1. The maximum atomic E-state index is 5.80. The molecule has 0 radical (unpaired) electrons. The minimum absolute atomic E-state index is 0.322. The first-order valence-corrected chi connectivity index (χ1v) is 8.39. The van der Waals surface area contributed by atoms with Crippen molar-refractivity contribution >= 4 is 17.5 Å². The highest BCUT2D eigenvalue weighted by atomic mass is 32.2. The van der Waals surface area contributed by atoms with E-state index in [9.17, 15) is 0 Å². The standard InChI is InChI=1S/C18H25NO2S/c1-6-17(21-15(5)20-7-2)18(19-14(3)4)22-13-16-11-9-8-10-12-16/h6,8-12,15H,1,7,13H2,2-5H3/b18-17-. The molecule has 0 fully saturated rings. The van der Waals surface area contributed by atoms with Gasteiger partial charge in [0.25, 0.3) is 0 Å². The monoisotopic (exact) mass is 319 g/mol. The Kier molecular flexibility index (Phi) is 8.63. The van der Waals surface area contributed by atoms with Crippen molar-refractivity contribution in [3.8, 4) is 0 Å². The molecular weight excluding hydrogens is 294 g/mol. The molecule has 0 aromatic heterocycles. The van der Waals surface area contributed by atoms with Crippen molar-refractivity contribution in [3.63, 3.8) is 0 Å². The molecular formula is C18H25NO2S. The number of hydrogen-bond acceptors (Lipinski definition) is 4. The Balaban J connectivity index is 2.90. The number of rotatable bonds is 9. The van der Waals surface area contributed by atoms with Crippen LogP contribution in [0.2, 0.25) is 0 Å². The van der Waals surface area contributed by atoms with Gasteiger partial charge in [0.05, 0.1) is 0 Å². The van der Waals surface area contributed by atoms with Gasteiger partial charge in [-0.05, 0) is 39.3 Å². The molecule has 0 N–H and O–H groups in total. The minimum atomic E-state index is -0.322. The summed E-state index contributed by atoms with van der Waals surface area (Å²) < 4.78 is 11.2. The summed E-state index contributed by atoms with van der Waals surface area (Å²) in [5, 5.41) is 0.824. The second-order valence-corrected chi connectivity index (χ2v) is 5.81. The van der Waals surface area contributed by atoms with Gasteiger partial charge in [0.15, 0.2) is 12.0 Å². The fourth-order valence-corrected chi connectivity index (χ4v) is 2.74. The van der Waals surface area contributed by atoms with E-state index in [-0.39, 0.29) is 6.29 Å². The average molecular weight is 319 g/mol. The second kappa shape index (κ2) is 10.2. The van der Waals surface area contributed by atoms with E-state index >= 15 is 0 Å². The second-order valence-electron chi connectivity index (χ2n) is 4.85. The topological polar surface area (TPSA) is 30.8 Å². The number of benzene rings is 1. The SMILES string of the molecule is C=C/C(OC(C)OCC)=C(\N=C(C)C)SCc1ccccc1. The van der Waals surface area contributed by atoms with E-state index in [1.165, 1.54) is 5.56 Å². The highest BCUT2D eigenvalue weighted by Gasteiger charge is 2.10. The van der Waals surface area contributed by atoms with E-state index < -0.39 is 0 Å². The molecule has 1 aromatic rings. The van der Waals surface area contributed by atoms with Gasteiger partial charge in [0, 0.05) is 18.1 Å². The molecule has 120 valence electrons. The smallest absolute Gasteiger partial charge is 0.197 e. The summed E-state index contributed by atoms with van der Waals surface area (Å²) in [4.78, 5) is 4.58. The van der Waals surface area contributed by atoms with Gasteiger partial charge in [-0.2, -0.15) is 0 Å². The fourth-order valence-electron chi connectivity index (χ4n) is 1.72. The lowest BCUT2D eigenvalue weighted by atomic mass is 10.2. The molecule has 0 saturated heterocycles. The van der Waals surface area contributed by atoms with Gasteiger partial charge < -0.3 is 9.47 Å². The molecule has 0 aliphatic rings. The van der Waals surface area contributed by atoms with E-state index in [1.54, 1.807) is 17.8 Å². The zero-order valence-electron chi connectivity index (χ0n) is 13.8. The first-order valence-electron chi connectivity index (χ1n) is 7.40. The third-order valence-corrected chi connectivity index (χ3v) is 3.68. The maximum Gasteiger partial charge on any atom is 0.197 e. The number of allylic oxidation sites excluding steroid dienone is 1. The lowest BCUT2D eigenvalue weighted by Gasteiger charge is -2.17. The molecule has 1 aromatic carbocycles. The van der Waals surface area contributed by atoms with Gasteiger partial charge in [-0.1, -0.05) is 48.7 Å². The lowest BCUT2D eigenvalue weighted by molar-refractivity contribution is -0.0959. The van der Waals surface area contributed by atoms with Crippen molar-refractivity contribution in [3.05, 3.63) is 59.3 Å². The highest BCUT2D eigenvalue weighted by Crippen LogP contribution is 2.27. The highest BCUT2D eigenvalue weighted by molar-refractivity contribution is 8.02. The van der Waals surface area contributed by atoms with Gasteiger partial charge in [-0.15, -0.1) is 0 Å². The van der Waals surface area contributed by atoms with Crippen molar-refractivity contribution in [1.29, 1.82) is 0 Å². The van der Waals surface area contributed by atoms with Gasteiger partial charge in [-0.25, -0.2) is 4.99 Å². The molecule has 0 aliphatic carbocycles. The Labute approximate surface area is 138 Å². The van der Waals surface area contributed by atoms with Crippen LogP contribution in [0.1, 0.15) is 33.3 Å². The van der Waals surface area contributed by atoms with Crippen LogP contribution in [-0.4, -0.2) is 18.6 Å². The van der Waals surface area contributed by atoms with Crippen LogP contribution in [0.4, 0.5) is 0 Å². The number of ether oxygens (including phenoxy) is 2. The van der Waals surface area contributed by atoms with Crippen LogP contribution in [0, 0.1) is 0 Å². The molecule has 1 rings (SSSR count). The summed E-state index contributed by atoms with van der Waals surface area (Å²) in [7, 11) is 0. The Morgan fingerprint density at radius 3 is 2.55 bits per heavy atom. The van der Waals surface area contributed by atoms with Crippen LogP contribution in [-0.2, 0) is 15.2 Å². The van der Waals surface area contributed by atoms with Gasteiger partial charge in [0.1, 0.15) is 5.03 Å². The third kappa shape index (κ3) is 6.96. The Morgan fingerprint density at radius 1 is 1.32 bits per heavy atom. The predicted molar refractivity (Wildman–Crippen MR) is 95.9 cm³/mol. The Morgan fingerprint density at radius 2 is 2.00 bits per heavy atom. The molecule has 3 nitrogen and oxygen atoms in total. The molecule has 0 heterocycles. The molecule has 0 saturated carbocycles. The molecule has 0 aliphatic heterocycles. The van der Waals surface area contributed by atoms with E-state index in [0.717, 1.165) is 16.5 Å². The van der Waals surface area contributed by atoms with Crippen LogP contribution in [0.25, 0.3) is 0 Å². The van der Waals surface area contributed by atoms with Crippen molar-refractivity contribution in [2.75, 3.05) is 6.61 Å². The third-order valence-electron chi connectivity index (χ3n) is 2.63. The largest absolute Gasteiger partial charge is 0.462 e. The van der Waals surface area contributed by atoms with E-state index in [2.05, 4.69) is 23.7 Å². The zero-order valence-corrected chi connectivity index (χ0v) is 14.7. The van der Waals surface area contributed by atoms with Crippen LogP contribution in [0.5, 0.6) is 0 Å². The summed E-state index contributed by atoms with van der Waals surface area (Å²) in [6, 6.07) is 10.3. The maximum absolute atomic E-state index is 5.80. The molecule has 0 spiro atoms. The van der Waals surface area contributed by atoms with Crippen LogP contribution in [0.15, 0.2) is 58.8 Å². The van der Waals surface area contributed by atoms with E-state index in [1.807, 2.05) is 45.9 Å². The summed E-state index contributed by atoms with van der Waals surface area (Å²) in [6.45, 7) is 12.2. The van der Waals surface area contributed by atoms with Crippen molar-refractivity contribution < 1.29 is 9.47 Å².